The summed E-state index contributed by atoms with van der Waals surface area (Å²) in [5.74, 6) is 0.0957. The highest BCUT2D eigenvalue weighted by atomic mass is 16.5. The van der Waals surface area contributed by atoms with Crippen molar-refractivity contribution in [1.82, 2.24) is 0 Å². The molecule has 2 amide bonds. The fourth-order valence-electron chi connectivity index (χ4n) is 3.14. The lowest BCUT2D eigenvalue weighted by atomic mass is 10.1. The standard InChI is InChI=1S/C26H28N2O3/c1-16-8-6-10-23(18(16)3)27-25(29)20(5)31-22-14-12-21(13-15-22)26(30)28-24-11-7-9-17(2)19(24)4/h6-15,20H,1-5H3,(H,27,29)(H,28,30). The molecule has 0 aliphatic carbocycles. The van der Waals surface area contributed by atoms with Crippen molar-refractivity contribution in [2.75, 3.05) is 10.6 Å². The summed E-state index contributed by atoms with van der Waals surface area (Å²) in [5.41, 5.74) is 6.39. The molecule has 0 saturated heterocycles. The Bertz CT molecular complexity index is 1100. The van der Waals surface area contributed by atoms with E-state index in [1.807, 2.05) is 64.1 Å². The van der Waals surface area contributed by atoms with Crippen LogP contribution in [-0.2, 0) is 4.79 Å². The van der Waals surface area contributed by atoms with E-state index in [2.05, 4.69) is 10.6 Å². The van der Waals surface area contributed by atoms with Crippen LogP contribution >= 0.6 is 0 Å². The Morgan fingerprint density at radius 3 is 1.81 bits per heavy atom. The number of anilines is 2. The van der Waals surface area contributed by atoms with Gasteiger partial charge in [0.25, 0.3) is 11.8 Å². The molecule has 3 rings (SSSR count). The average molecular weight is 417 g/mol. The molecule has 0 aromatic heterocycles. The highest BCUT2D eigenvalue weighted by Gasteiger charge is 2.16. The van der Waals surface area contributed by atoms with Gasteiger partial charge in [-0.25, -0.2) is 0 Å². The van der Waals surface area contributed by atoms with Crippen molar-refractivity contribution < 1.29 is 14.3 Å². The van der Waals surface area contributed by atoms with Gasteiger partial charge in [0, 0.05) is 16.9 Å². The van der Waals surface area contributed by atoms with Crippen molar-refractivity contribution in [1.29, 1.82) is 0 Å². The van der Waals surface area contributed by atoms with Gasteiger partial charge in [-0.15, -0.1) is 0 Å². The van der Waals surface area contributed by atoms with Crippen LogP contribution in [-0.4, -0.2) is 17.9 Å². The quantitative estimate of drug-likeness (QED) is 0.551. The summed E-state index contributed by atoms with van der Waals surface area (Å²) in [7, 11) is 0. The Hall–Kier alpha value is -3.60. The van der Waals surface area contributed by atoms with Crippen LogP contribution in [0.3, 0.4) is 0 Å². The third-order valence-corrected chi connectivity index (χ3v) is 5.51. The van der Waals surface area contributed by atoms with E-state index in [1.54, 1.807) is 31.2 Å². The summed E-state index contributed by atoms with van der Waals surface area (Å²) >= 11 is 0. The van der Waals surface area contributed by atoms with E-state index in [4.69, 9.17) is 4.74 Å². The largest absolute Gasteiger partial charge is 0.481 e. The van der Waals surface area contributed by atoms with Crippen LogP contribution in [0.4, 0.5) is 11.4 Å². The van der Waals surface area contributed by atoms with Crippen LogP contribution in [0, 0.1) is 27.7 Å². The monoisotopic (exact) mass is 416 g/mol. The highest BCUT2D eigenvalue weighted by Crippen LogP contribution is 2.21. The summed E-state index contributed by atoms with van der Waals surface area (Å²) in [6.07, 6.45) is -0.686. The van der Waals surface area contributed by atoms with Gasteiger partial charge >= 0.3 is 0 Å². The molecule has 0 fully saturated rings. The minimum Gasteiger partial charge on any atom is -0.481 e. The predicted molar refractivity (Wildman–Crippen MR) is 125 cm³/mol. The second kappa shape index (κ2) is 9.47. The molecule has 0 saturated carbocycles. The van der Waals surface area contributed by atoms with Gasteiger partial charge in [0.05, 0.1) is 0 Å². The van der Waals surface area contributed by atoms with E-state index >= 15 is 0 Å². The van der Waals surface area contributed by atoms with Crippen LogP contribution in [0.1, 0.15) is 39.5 Å². The number of hydrogen-bond acceptors (Lipinski definition) is 3. The number of hydrogen-bond donors (Lipinski definition) is 2. The van der Waals surface area contributed by atoms with Crippen LogP contribution in [0.25, 0.3) is 0 Å². The molecule has 31 heavy (non-hydrogen) atoms. The number of carbonyl (C=O) groups is 2. The second-order valence-corrected chi connectivity index (χ2v) is 7.72. The lowest BCUT2D eigenvalue weighted by Gasteiger charge is -2.16. The van der Waals surface area contributed by atoms with E-state index in [9.17, 15) is 9.59 Å². The first-order chi connectivity index (χ1) is 14.8. The fraction of sp³-hybridized carbons (Fsp3) is 0.231. The number of aryl methyl sites for hydroxylation is 2. The van der Waals surface area contributed by atoms with Gasteiger partial charge in [0.2, 0.25) is 0 Å². The maximum atomic E-state index is 12.6. The van der Waals surface area contributed by atoms with Crippen LogP contribution in [0.5, 0.6) is 5.75 Å². The van der Waals surface area contributed by atoms with E-state index in [0.29, 0.717) is 11.3 Å². The normalized spacial score (nSPS) is 11.5. The Morgan fingerprint density at radius 2 is 1.26 bits per heavy atom. The predicted octanol–water partition coefficient (Wildman–Crippen LogP) is 5.58. The number of amides is 2. The van der Waals surface area contributed by atoms with Crippen molar-refractivity contribution in [2.24, 2.45) is 0 Å². The van der Waals surface area contributed by atoms with Gasteiger partial charge in [-0.1, -0.05) is 24.3 Å². The molecule has 0 bridgehead atoms. The Morgan fingerprint density at radius 1 is 0.742 bits per heavy atom. The molecule has 1 atom stereocenters. The molecule has 160 valence electrons. The highest BCUT2D eigenvalue weighted by molar-refractivity contribution is 6.04. The molecule has 1 unspecified atom stereocenters. The first-order valence-electron chi connectivity index (χ1n) is 10.3. The number of rotatable bonds is 6. The van der Waals surface area contributed by atoms with Gasteiger partial charge in [-0.05, 0) is 93.3 Å². The molecule has 3 aromatic carbocycles. The SMILES string of the molecule is Cc1cccc(NC(=O)c2ccc(OC(C)C(=O)Nc3cccc(C)c3C)cc2)c1C. The smallest absolute Gasteiger partial charge is 0.265 e. The zero-order valence-electron chi connectivity index (χ0n) is 18.6. The maximum absolute atomic E-state index is 12.6. The molecule has 0 radical (unpaired) electrons. The molecule has 5 heteroatoms. The van der Waals surface area contributed by atoms with Crippen LogP contribution in [0.15, 0.2) is 60.7 Å². The van der Waals surface area contributed by atoms with E-state index in [1.165, 1.54) is 0 Å². The zero-order valence-corrected chi connectivity index (χ0v) is 18.6. The molecule has 2 N–H and O–H groups in total. The molecule has 5 nitrogen and oxygen atoms in total. The third-order valence-electron chi connectivity index (χ3n) is 5.51. The Balaban J connectivity index is 1.61. The molecule has 0 aliphatic rings. The third kappa shape index (κ3) is 5.31. The zero-order chi connectivity index (χ0) is 22.5. The van der Waals surface area contributed by atoms with E-state index in [0.717, 1.165) is 33.6 Å². The lowest BCUT2D eigenvalue weighted by molar-refractivity contribution is -0.122. The number of benzene rings is 3. The number of nitrogens with one attached hydrogen (secondary N) is 2. The number of ether oxygens (including phenoxy) is 1. The topological polar surface area (TPSA) is 67.4 Å². The average Bonchev–Trinajstić information content (AvgIpc) is 2.75. The van der Waals surface area contributed by atoms with Gasteiger partial charge < -0.3 is 15.4 Å². The number of carbonyl (C=O) groups excluding carboxylic acids is 2. The Kier molecular flexibility index (Phi) is 6.75. The minimum atomic E-state index is -0.686. The van der Waals surface area contributed by atoms with Crippen molar-refractivity contribution in [3.8, 4) is 5.75 Å². The first kappa shape index (κ1) is 22.1. The van der Waals surface area contributed by atoms with Gasteiger partial charge in [0.1, 0.15) is 5.75 Å². The summed E-state index contributed by atoms with van der Waals surface area (Å²) in [5, 5.41) is 5.85. The minimum absolute atomic E-state index is 0.194. The van der Waals surface area contributed by atoms with Gasteiger partial charge in [-0.2, -0.15) is 0 Å². The fourth-order valence-corrected chi connectivity index (χ4v) is 3.14. The molecule has 0 aliphatic heterocycles. The second-order valence-electron chi connectivity index (χ2n) is 7.72. The molecular weight excluding hydrogens is 388 g/mol. The van der Waals surface area contributed by atoms with Crippen molar-refractivity contribution in [3.63, 3.8) is 0 Å². The van der Waals surface area contributed by atoms with Crippen LogP contribution in [0.2, 0.25) is 0 Å². The Labute approximate surface area is 183 Å². The van der Waals surface area contributed by atoms with Crippen LogP contribution < -0.4 is 15.4 Å². The van der Waals surface area contributed by atoms with E-state index in [-0.39, 0.29) is 11.8 Å². The van der Waals surface area contributed by atoms with Gasteiger partial charge in [-0.3, -0.25) is 9.59 Å². The first-order valence-corrected chi connectivity index (χ1v) is 10.3. The molecule has 3 aromatic rings. The summed E-state index contributed by atoms with van der Waals surface area (Å²) in [6, 6.07) is 18.3. The molecule has 0 heterocycles. The van der Waals surface area contributed by atoms with Crippen molar-refractivity contribution in [3.05, 3.63) is 88.5 Å². The van der Waals surface area contributed by atoms with Crippen molar-refractivity contribution in [2.45, 2.75) is 40.7 Å². The maximum Gasteiger partial charge on any atom is 0.265 e. The van der Waals surface area contributed by atoms with Crippen molar-refractivity contribution >= 4 is 23.2 Å². The lowest BCUT2D eigenvalue weighted by Crippen LogP contribution is -2.30. The van der Waals surface area contributed by atoms with Gasteiger partial charge in [0.15, 0.2) is 6.10 Å². The summed E-state index contributed by atoms with van der Waals surface area (Å²) in [6.45, 7) is 9.66. The summed E-state index contributed by atoms with van der Waals surface area (Å²) < 4.78 is 5.76. The molecular formula is C26H28N2O3. The summed E-state index contributed by atoms with van der Waals surface area (Å²) in [4.78, 5) is 25.1. The van der Waals surface area contributed by atoms with E-state index < -0.39 is 6.10 Å². The molecule has 0 spiro atoms.